The van der Waals surface area contributed by atoms with Gasteiger partial charge in [-0.05, 0) is 32.2 Å². The standard InChI is InChI=1S/C13H19N3S/c1-13(2,3)15-9-10-8-14-12(16-10)7-11-5-4-6-17-11/h4-6,8,15H,7,9H2,1-3H3,(H,14,16). The maximum absolute atomic E-state index is 4.40. The van der Waals surface area contributed by atoms with Gasteiger partial charge in [-0.25, -0.2) is 4.98 Å². The van der Waals surface area contributed by atoms with Crippen molar-refractivity contribution in [3.8, 4) is 0 Å². The third kappa shape index (κ3) is 3.98. The fourth-order valence-corrected chi connectivity index (χ4v) is 2.23. The van der Waals surface area contributed by atoms with Crippen molar-refractivity contribution >= 4 is 11.3 Å². The van der Waals surface area contributed by atoms with Crippen LogP contribution < -0.4 is 5.32 Å². The Morgan fingerprint density at radius 2 is 2.24 bits per heavy atom. The first kappa shape index (κ1) is 12.3. The summed E-state index contributed by atoms with van der Waals surface area (Å²) in [5.41, 5.74) is 1.28. The molecule has 0 atom stereocenters. The van der Waals surface area contributed by atoms with Crippen molar-refractivity contribution < 1.29 is 0 Å². The number of thiophene rings is 1. The fourth-order valence-electron chi connectivity index (χ4n) is 1.52. The topological polar surface area (TPSA) is 40.7 Å². The third-order valence-corrected chi connectivity index (χ3v) is 3.29. The number of hydrogen-bond acceptors (Lipinski definition) is 3. The molecule has 0 spiro atoms. The van der Waals surface area contributed by atoms with Gasteiger partial charge in [0.1, 0.15) is 5.82 Å². The van der Waals surface area contributed by atoms with E-state index in [1.165, 1.54) is 4.88 Å². The summed E-state index contributed by atoms with van der Waals surface area (Å²) in [6.45, 7) is 7.32. The van der Waals surface area contributed by atoms with Crippen molar-refractivity contribution in [2.45, 2.75) is 39.3 Å². The lowest BCUT2D eigenvalue weighted by atomic mass is 10.1. The molecule has 0 amide bonds. The van der Waals surface area contributed by atoms with E-state index in [1.807, 2.05) is 6.20 Å². The predicted octanol–water partition coefficient (Wildman–Crippen LogP) is 2.95. The molecule has 0 saturated heterocycles. The van der Waals surface area contributed by atoms with Gasteiger partial charge in [0, 0.05) is 35.3 Å². The number of rotatable bonds is 4. The molecule has 2 heterocycles. The summed E-state index contributed by atoms with van der Waals surface area (Å²) < 4.78 is 0. The summed E-state index contributed by atoms with van der Waals surface area (Å²) in [5, 5.41) is 5.54. The Morgan fingerprint density at radius 3 is 2.88 bits per heavy atom. The van der Waals surface area contributed by atoms with E-state index < -0.39 is 0 Å². The molecule has 4 heteroatoms. The summed E-state index contributed by atoms with van der Waals surface area (Å²) in [6.07, 6.45) is 2.81. The van der Waals surface area contributed by atoms with Crippen LogP contribution in [0.25, 0.3) is 0 Å². The van der Waals surface area contributed by atoms with Crippen LogP contribution >= 0.6 is 11.3 Å². The molecule has 0 aromatic carbocycles. The smallest absolute Gasteiger partial charge is 0.111 e. The molecule has 17 heavy (non-hydrogen) atoms. The number of nitrogens with zero attached hydrogens (tertiary/aromatic N) is 1. The number of imidazole rings is 1. The van der Waals surface area contributed by atoms with Crippen LogP contribution in [0.5, 0.6) is 0 Å². The van der Waals surface area contributed by atoms with E-state index in [4.69, 9.17) is 0 Å². The lowest BCUT2D eigenvalue weighted by Gasteiger charge is -2.19. The van der Waals surface area contributed by atoms with Crippen molar-refractivity contribution in [1.29, 1.82) is 0 Å². The van der Waals surface area contributed by atoms with Crippen LogP contribution in [0.2, 0.25) is 0 Å². The second-order valence-electron chi connectivity index (χ2n) is 5.21. The second kappa shape index (κ2) is 5.02. The minimum absolute atomic E-state index is 0.138. The highest BCUT2D eigenvalue weighted by Crippen LogP contribution is 2.13. The molecule has 2 aromatic heterocycles. The van der Waals surface area contributed by atoms with Crippen LogP contribution in [-0.4, -0.2) is 15.5 Å². The van der Waals surface area contributed by atoms with Gasteiger partial charge in [0.05, 0.1) is 0 Å². The number of aromatic nitrogens is 2. The molecule has 0 aliphatic carbocycles. The van der Waals surface area contributed by atoms with Crippen LogP contribution in [0.3, 0.4) is 0 Å². The summed E-state index contributed by atoms with van der Waals surface area (Å²) in [5.74, 6) is 1.04. The first-order chi connectivity index (χ1) is 8.03. The number of H-pyrrole nitrogens is 1. The van der Waals surface area contributed by atoms with Gasteiger partial charge in [-0.1, -0.05) is 6.07 Å². The van der Waals surface area contributed by atoms with Gasteiger partial charge in [-0.15, -0.1) is 11.3 Å². The van der Waals surface area contributed by atoms with Gasteiger partial charge in [0.2, 0.25) is 0 Å². The molecule has 2 N–H and O–H groups in total. The number of nitrogens with one attached hydrogen (secondary N) is 2. The van der Waals surface area contributed by atoms with Crippen molar-refractivity contribution in [3.63, 3.8) is 0 Å². The molecular formula is C13H19N3S. The molecule has 0 radical (unpaired) electrons. The molecule has 0 unspecified atom stereocenters. The Hall–Kier alpha value is -1.13. The van der Waals surface area contributed by atoms with E-state index in [2.05, 4.69) is 53.6 Å². The number of aromatic amines is 1. The molecule has 3 nitrogen and oxygen atoms in total. The SMILES string of the molecule is CC(C)(C)NCc1cnc(Cc2cccs2)[nH]1. The van der Waals surface area contributed by atoms with Crippen molar-refractivity contribution in [3.05, 3.63) is 40.1 Å². The van der Waals surface area contributed by atoms with E-state index in [0.717, 1.165) is 24.5 Å². The Kier molecular flexibility index (Phi) is 3.64. The molecule has 0 saturated carbocycles. The molecule has 0 fully saturated rings. The third-order valence-electron chi connectivity index (χ3n) is 2.41. The zero-order chi connectivity index (χ0) is 12.3. The Balaban J connectivity index is 1.92. The average molecular weight is 249 g/mol. The van der Waals surface area contributed by atoms with Crippen LogP contribution in [0, 0.1) is 0 Å². The molecule has 2 aromatic rings. The first-order valence-electron chi connectivity index (χ1n) is 5.83. The lowest BCUT2D eigenvalue weighted by molar-refractivity contribution is 0.421. The van der Waals surface area contributed by atoms with Crippen LogP contribution in [0.15, 0.2) is 23.7 Å². The number of hydrogen-bond donors (Lipinski definition) is 2. The maximum atomic E-state index is 4.40. The minimum atomic E-state index is 0.138. The Bertz CT molecular complexity index is 451. The summed E-state index contributed by atoms with van der Waals surface area (Å²) in [4.78, 5) is 9.10. The maximum Gasteiger partial charge on any atom is 0.111 e. The van der Waals surface area contributed by atoms with Crippen LogP contribution in [0.1, 0.15) is 37.2 Å². The molecular weight excluding hydrogens is 230 g/mol. The quantitative estimate of drug-likeness (QED) is 0.874. The largest absolute Gasteiger partial charge is 0.345 e. The molecule has 92 valence electrons. The monoisotopic (exact) mass is 249 g/mol. The van der Waals surface area contributed by atoms with Gasteiger partial charge in [0.25, 0.3) is 0 Å². The first-order valence-corrected chi connectivity index (χ1v) is 6.71. The van der Waals surface area contributed by atoms with E-state index in [0.29, 0.717) is 0 Å². The molecule has 2 rings (SSSR count). The van der Waals surface area contributed by atoms with E-state index in [-0.39, 0.29) is 5.54 Å². The fraction of sp³-hybridized carbons (Fsp3) is 0.462. The Morgan fingerprint density at radius 1 is 1.41 bits per heavy atom. The normalized spacial score (nSPS) is 11.9. The van der Waals surface area contributed by atoms with Gasteiger partial charge < -0.3 is 10.3 Å². The highest BCUT2D eigenvalue weighted by atomic mass is 32.1. The van der Waals surface area contributed by atoms with Gasteiger partial charge in [0.15, 0.2) is 0 Å². The van der Waals surface area contributed by atoms with Gasteiger partial charge >= 0.3 is 0 Å². The van der Waals surface area contributed by atoms with Gasteiger partial charge in [-0.2, -0.15) is 0 Å². The Labute approximate surface area is 106 Å². The minimum Gasteiger partial charge on any atom is -0.345 e. The van der Waals surface area contributed by atoms with Crippen molar-refractivity contribution in [2.75, 3.05) is 0 Å². The highest BCUT2D eigenvalue weighted by Gasteiger charge is 2.09. The molecule has 0 aliphatic rings. The zero-order valence-corrected chi connectivity index (χ0v) is 11.4. The van der Waals surface area contributed by atoms with Crippen LogP contribution in [-0.2, 0) is 13.0 Å². The zero-order valence-electron chi connectivity index (χ0n) is 10.6. The van der Waals surface area contributed by atoms with E-state index >= 15 is 0 Å². The average Bonchev–Trinajstić information content (AvgIpc) is 2.86. The van der Waals surface area contributed by atoms with Crippen molar-refractivity contribution in [2.24, 2.45) is 0 Å². The molecule has 0 aliphatic heterocycles. The van der Waals surface area contributed by atoms with E-state index in [1.54, 1.807) is 11.3 Å². The van der Waals surface area contributed by atoms with Gasteiger partial charge in [-0.3, -0.25) is 0 Å². The highest BCUT2D eigenvalue weighted by molar-refractivity contribution is 7.09. The van der Waals surface area contributed by atoms with Crippen molar-refractivity contribution in [1.82, 2.24) is 15.3 Å². The summed E-state index contributed by atoms with van der Waals surface area (Å²) >= 11 is 1.77. The lowest BCUT2D eigenvalue weighted by Crippen LogP contribution is -2.35. The molecule has 0 bridgehead atoms. The summed E-state index contributed by atoms with van der Waals surface area (Å²) in [7, 11) is 0. The van der Waals surface area contributed by atoms with Crippen LogP contribution in [0.4, 0.5) is 0 Å². The second-order valence-corrected chi connectivity index (χ2v) is 6.25. The van der Waals surface area contributed by atoms with E-state index in [9.17, 15) is 0 Å². The summed E-state index contributed by atoms with van der Waals surface area (Å²) in [6, 6.07) is 4.21. The predicted molar refractivity (Wildman–Crippen MR) is 72.3 cm³/mol.